The lowest BCUT2D eigenvalue weighted by molar-refractivity contribution is -0.153. The first-order valence-corrected chi connectivity index (χ1v) is 16.1. The second kappa shape index (κ2) is 11.4. The summed E-state index contributed by atoms with van der Waals surface area (Å²) in [6.07, 6.45) is 11.7. The van der Waals surface area contributed by atoms with Gasteiger partial charge in [0.25, 0.3) is 0 Å². The fraction of sp³-hybridized carbons (Fsp3) is 0.968. The number of amides is 1. The summed E-state index contributed by atoms with van der Waals surface area (Å²) in [5.74, 6) is 2.62. The number of rotatable bonds is 8. The molecule has 228 valence electrons. The summed E-state index contributed by atoms with van der Waals surface area (Å²) in [5.41, 5.74) is 13.8. The largest absolute Gasteiger partial charge is 0.449 e. The van der Waals surface area contributed by atoms with Gasteiger partial charge in [0.1, 0.15) is 0 Å². The molecule has 40 heavy (non-hydrogen) atoms. The van der Waals surface area contributed by atoms with Gasteiger partial charge in [0.05, 0.1) is 25.9 Å². The molecule has 6 N–H and O–H groups in total. The Bertz CT molecular complexity index is 927. The van der Waals surface area contributed by atoms with E-state index in [0.717, 1.165) is 64.2 Å². The van der Waals surface area contributed by atoms with E-state index in [9.17, 15) is 19.9 Å². The lowest BCUT2D eigenvalue weighted by Crippen LogP contribution is -2.71. The maximum atomic E-state index is 12.7. The Morgan fingerprint density at radius 1 is 1.05 bits per heavy atom. The summed E-state index contributed by atoms with van der Waals surface area (Å²) in [4.78, 5) is 25.1. The highest BCUT2D eigenvalue weighted by Crippen LogP contribution is 2.67. The lowest BCUT2D eigenvalue weighted by atomic mass is 9.40. The second-order valence-electron chi connectivity index (χ2n) is 14.7. The van der Waals surface area contributed by atoms with Crippen molar-refractivity contribution in [3.05, 3.63) is 4.91 Å². The van der Waals surface area contributed by atoms with E-state index < -0.39 is 5.41 Å². The zero-order chi connectivity index (χ0) is 28.8. The smallest absolute Gasteiger partial charge is 0.409 e. The van der Waals surface area contributed by atoms with Gasteiger partial charge in [-0.1, -0.05) is 25.4 Å². The highest BCUT2D eigenvalue weighted by molar-refractivity contribution is 5.67. The number of hydrogen-bond donors (Lipinski definition) is 4. The fourth-order valence-electron chi connectivity index (χ4n) is 10.6. The molecule has 9 atom stereocenters. The van der Waals surface area contributed by atoms with Gasteiger partial charge in [-0.25, -0.2) is 4.79 Å². The Kier molecular flexibility index (Phi) is 8.62. The van der Waals surface area contributed by atoms with Crippen LogP contribution >= 0.6 is 0 Å². The van der Waals surface area contributed by atoms with Crippen LogP contribution in [0.5, 0.6) is 0 Å². The van der Waals surface area contributed by atoms with Crippen LogP contribution in [0.1, 0.15) is 97.3 Å². The van der Waals surface area contributed by atoms with Crippen LogP contribution in [0.25, 0.3) is 0 Å². The van der Waals surface area contributed by atoms with Crippen LogP contribution in [0.4, 0.5) is 4.79 Å². The zero-order valence-corrected chi connectivity index (χ0v) is 24.9. The van der Waals surface area contributed by atoms with Gasteiger partial charge in [-0.3, -0.25) is 0 Å². The van der Waals surface area contributed by atoms with Crippen molar-refractivity contribution in [2.75, 3.05) is 32.8 Å². The molecule has 1 aliphatic heterocycles. The molecule has 9 nitrogen and oxygen atoms in total. The first-order chi connectivity index (χ1) is 19.1. The SMILES string of the molecule is CC[C@H]1CC2C3CC[C@H](CCCOC(=O)N4CCC(CO)(CN=O)CC4)C3(N)CCC2C2(C)CC[C@@H](O)CC12N. The minimum atomic E-state index is -0.497. The Labute approximate surface area is 240 Å². The molecule has 0 aromatic rings. The number of likely N-dealkylation sites (tertiary alicyclic amines) is 1. The van der Waals surface area contributed by atoms with Crippen molar-refractivity contribution in [1.29, 1.82) is 0 Å². The van der Waals surface area contributed by atoms with Crippen molar-refractivity contribution in [2.45, 2.75) is 114 Å². The quantitative estimate of drug-likeness (QED) is 0.256. The van der Waals surface area contributed by atoms with E-state index in [4.69, 9.17) is 16.2 Å². The predicted octanol–water partition coefficient (Wildman–Crippen LogP) is 4.17. The molecular weight excluding hydrogens is 508 g/mol. The first kappa shape index (κ1) is 30.2. The number of fused-ring (bicyclic) bond motifs is 5. The fourth-order valence-corrected chi connectivity index (χ4v) is 10.6. The molecule has 1 saturated heterocycles. The van der Waals surface area contributed by atoms with E-state index in [-0.39, 0.29) is 41.8 Å². The van der Waals surface area contributed by atoms with Gasteiger partial charge in [0.2, 0.25) is 0 Å². The number of hydrogen-bond acceptors (Lipinski definition) is 8. The van der Waals surface area contributed by atoms with Crippen molar-refractivity contribution in [3.63, 3.8) is 0 Å². The number of carbonyl (C=O) groups is 1. The number of carbonyl (C=O) groups excluding carboxylic acids is 1. The van der Waals surface area contributed by atoms with Crippen LogP contribution in [0.15, 0.2) is 5.18 Å². The van der Waals surface area contributed by atoms with Gasteiger partial charge in [0, 0.05) is 29.6 Å². The average Bonchev–Trinajstić information content (AvgIpc) is 3.28. The number of nitrogens with zero attached hydrogens (tertiary/aromatic N) is 2. The van der Waals surface area contributed by atoms with E-state index in [0.29, 0.717) is 62.1 Å². The second-order valence-corrected chi connectivity index (χ2v) is 14.7. The number of ether oxygens (including phenoxy) is 1. The molecule has 0 radical (unpaired) electrons. The summed E-state index contributed by atoms with van der Waals surface area (Å²) in [6, 6.07) is 0. The Morgan fingerprint density at radius 2 is 1.80 bits per heavy atom. The molecule has 5 aliphatic rings. The van der Waals surface area contributed by atoms with Crippen LogP contribution in [0.2, 0.25) is 0 Å². The lowest BCUT2D eigenvalue weighted by Gasteiger charge is -2.67. The molecule has 0 spiro atoms. The van der Waals surface area contributed by atoms with Gasteiger partial charge in [-0.2, -0.15) is 4.91 Å². The van der Waals surface area contributed by atoms with E-state index >= 15 is 0 Å². The highest BCUT2D eigenvalue weighted by Gasteiger charge is 2.66. The van der Waals surface area contributed by atoms with Gasteiger partial charge in [0.15, 0.2) is 0 Å². The Morgan fingerprint density at radius 3 is 2.48 bits per heavy atom. The molecule has 1 heterocycles. The maximum absolute atomic E-state index is 12.7. The highest BCUT2D eigenvalue weighted by atomic mass is 16.6. The van der Waals surface area contributed by atoms with Gasteiger partial charge < -0.3 is 31.3 Å². The monoisotopic (exact) mass is 562 g/mol. The molecule has 4 saturated carbocycles. The molecule has 1 amide bonds. The summed E-state index contributed by atoms with van der Waals surface area (Å²) in [6.45, 7) is 6.07. The van der Waals surface area contributed by atoms with Crippen LogP contribution in [0, 0.1) is 45.3 Å². The third-order valence-electron chi connectivity index (χ3n) is 13.2. The van der Waals surface area contributed by atoms with E-state index in [1.54, 1.807) is 4.90 Å². The number of nitroso groups, excluding NO2 is 1. The third-order valence-corrected chi connectivity index (χ3v) is 13.2. The van der Waals surface area contributed by atoms with Crippen molar-refractivity contribution < 1.29 is 19.7 Å². The van der Waals surface area contributed by atoms with Crippen molar-refractivity contribution in [2.24, 2.45) is 57.1 Å². The maximum Gasteiger partial charge on any atom is 0.409 e. The first-order valence-electron chi connectivity index (χ1n) is 16.1. The standard InChI is InChI=1S/C31H54N4O5/c1-3-21-17-24-25(28(2)10-8-23(37)18-31(21,28)33)9-11-30(32)22(6-7-26(24)30)5-4-16-40-27(38)35-14-12-29(20-36,13-15-35)19-34-39/h21-26,36-37H,3-20,32-33H2,1-2H3/t21-,22-,23+,24?,25?,26?,28?,30?,31?/m0/s1. The topological polar surface area (TPSA) is 151 Å². The molecule has 0 aromatic heterocycles. The number of piperidine rings is 1. The van der Waals surface area contributed by atoms with Crippen LogP contribution in [-0.4, -0.2) is 71.2 Å². The molecule has 6 unspecified atom stereocenters. The predicted molar refractivity (Wildman–Crippen MR) is 154 cm³/mol. The minimum Gasteiger partial charge on any atom is -0.449 e. The van der Waals surface area contributed by atoms with E-state index in [1.165, 1.54) is 6.42 Å². The zero-order valence-electron chi connectivity index (χ0n) is 24.9. The van der Waals surface area contributed by atoms with Crippen molar-refractivity contribution >= 4 is 6.09 Å². The van der Waals surface area contributed by atoms with Gasteiger partial charge in [-0.15, -0.1) is 0 Å². The van der Waals surface area contributed by atoms with Crippen molar-refractivity contribution in [1.82, 2.24) is 4.90 Å². The molecule has 0 aromatic carbocycles. The molecule has 0 bridgehead atoms. The minimum absolute atomic E-state index is 0.0679. The Hall–Kier alpha value is -1.29. The van der Waals surface area contributed by atoms with Crippen LogP contribution < -0.4 is 11.5 Å². The summed E-state index contributed by atoms with van der Waals surface area (Å²) < 4.78 is 5.64. The third kappa shape index (κ3) is 4.90. The molecule has 4 aliphatic carbocycles. The molecular formula is C31H54N4O5. The van der Waals surface area contributed by atoms with E-state index in [1.807, 2.05) is 0 Å². The number of aliphatic hydroxyl groups excluding tert-OH is 2. The normalized spacial score (nSPS) is 44.3. The summed E-state index contributed by atoms with van der Waals surface area (Å²) >= 11 is 0. The van der Waals surface area contributed by atoms with Crippen molar-refractivity contribution in [3.8, 4) is 0 Å². The number of nitrogens with two attached hydrogens (primary N) is 2. The molecule has 9 heteroatoms. The Balaban J connectivity index is 1.15. The average molecular weight is 563 g/mol. The summed E-state index contributed by atoms with van der Waals surface area (Å²) in [5, 5.41) is 23.3. The summed E-state index contributed by atoms with van der Waals surface area (Å²) in [7, 11) is 0. The number of aliphatic hydroxyl groups is 2. The molecule has 5 fully saturated rings. The van der Waals surface area contributed by atoms with Gasteiger partial charge >= 0.3 is 6.09 Å². The van der Waals surface area contributed by atoms with Crippen LogP contribution in [0.3, 0.4) is 0 Å². The van der Waals surface area contributed by atoms with E-state index in [2.05, 4.69) is 19.0 Å². The molecule has 5 rings (SSSR count). The van der Waals surface area contributed by atoms with Gasteiger partial charge in [-0.05, 0) is 112 Å². The van der Waals surface area contributed by atoms with Crippen LogP contribution in [-0.2, 0) is 4.74 Å².